The molecule has 0 saturated carbocycles. The third kappa shape index (κ3) is 4.49. The fraction of sp³-hybridized carbons (Fsp3) is 0.238. The highest BCUT2D eigenvalue weighted by atomic mass is 35.5. The van der Waals surface area contributed by atoms with Gasteiger partial charge < -0.3 is 14.5 Å². The Labute approximate surface area is 161 Å². The highest BCUT2D eigenvalue weighted by molar-refractivity contribution is 6.32. The summed E-state index contributed by atoms with van der Waals surface area (Å²) < 4.78 is 10.7. The molecule has 0 fully saturated rings. The number of carbonyl (C=O) groups is 1. The van der Waals surface area contributed by atoms with Crippen molar-refractivity contribution in [3.05, 3.63) is 69.0 Å². The molecule has 5 nitrogen and oxygen atoms in total. The third-order valence-electron chi connectivity index (χ3n) is 4.22. The van der Waals surface area contributed by atoms with E-state index in [0.717, 1.165) is 10.9 Å². The van der Waals surface area contributed by atoms with Crippen molar-refractivity contribution in [1.29, 1.82) is 0 Å². The van der Waals surface area contributed by atoms with E-state index in [1.54, 1.807) is 13.0 Å². The van der Waals surface area contributed by atoms with Crippen molar-refractivity contribution in [3.63, 3.8) is 0 Å². The van der Waals surface area contributed by atoms with Gasteiger partial charge in [0.25, 0.3) is 5.91 Å². The molecule has 1 amide bonds. The summed E-state index contributed by atoms with van der Waals surface area (Å²) in [5, 5.41) is 3.84. The van der Waals surface area contributed by atoms with Crippen molar-refractivity contribution in [2.45, 2.75) is 26.7 Å². The Bertz CT molecular complexity index is 1040. The van der Waals surface area contributed by atoms with Gasteiger partial charge in [0.1, 0.15) is 11.3 Å². The molecule has 140 valence electrons. The maximum atomic E-state index is 12.1. The van der Waals surface area contributed by atoms with Crippen LogP contribution in [-0.4, -0.2) is 12.5 Å². The minimum absolute atomic E-state index is 0.215. The summed E-state index contributed by atoms with van der Waals surface area (Å²) in [6, 6.07) is 12.2. The van der Waals surface area contributed by atoms with E-state index in [2.05, 4.69) is 19.2 Å². The van der Waals surface area contributed by atoms with Gasteiger partial charge in [-0.2, -0.15) is 0 Å². The number of rotatable bonds is 5. The second-order valence-electron chi connectivity index (χ2n) is 6.64. The van der Waals surface area contributed by atoms with Gasteiger partial charge in [0.05, 0.1) is 5.02 Å². The smallest absolute Gasteiger partial charge is 0.336 e. The molecular formula is C21H20ClNO4. The minimum atomic E-state index is -0.448. The fourth-order valence-corrected chi connectivity index (χ4v) is 2.94. The maximum Gasteiger partial charge on any atom is 0.336 e. The normalized spacial score (nSPS) is 11.0. The summed E-state index contributed by atoms with van der Waals surface area (Å²) in [7, 11) is 0. The molecule has 0 saturated heterocycles. The molecule has 27 heavy (non-hydrogen) atoms. The molecule has 0 aliphatic carbocycles. The van der Waals surface area contributed by atoms with Crippen LogP contribution in [-0.2, 0) is 4.79 Å². The zero-order valence-electron chi connectivity index (χ0n) is 15.3. The van der Waals surface area contributed by atoms with Gasteiger partial charge in [0, 0.05) is 23.2 Å². The number of amides is 1. The zero-order valence-corrected chi connectivity index (χ0v) is 16.1. The van der Waals surface area contributed by atoms with Crippen molar-refractivity contribution in [3.8, 4) is 5.75 Å². The number of carbonyl (C=O) groups excluding carboxylic acids is 1. The van der Waals surface area contributed by atoms with Crippen LogP contribution in [0.3, 0.4) is 0 Å². The molecule has 0 aliphatic rings. The van der Waals surface area contributed by atoms with E-state index >= 15 is 0 Å². The molecule has 3 rings (SSSR count). The van der Waals surface area contributed by atoms with Crippen molar-refractivity contribution in [1.82, 2.24) is 0 Å². The molecule has 1 N–H and O–H groups in total. The van der Waals surface area contributed by atoms with Crippen molar-refractivity contribution in [2.24, 2.45) is 0 Å². The first-order valence-electron chi connectivity index (χ1n) is 8.60. The van der Waals surface area contributed by atoms with Gasteiger partial charge in [-0.25, -0.2) is 4.79 Å². The summed E-state index contributed by atoms with van der Waals surface area (Å²) in [5.74, 6) is 0.397. The van der Waals surface area contributed by atoms with Crippen molar-refractivity contribution >= 4 is 34.2 Å². The Morgan fingerprint density at radius 2 is 1.89 bits per heavy atom. The van der Waals surface area contributed by atoms with Crippen LogP contribution in [0.2, 0.25) is 5.02 Å². The Morgan fingerprint density at radius 1 is 1.19 bits per heavy atom. The Hall–Kier alpha value is -2.79. The largest absolute Gasteiger partial charge is 0.482 e. The van der Waals surface area contributed by atoms with Crippen LogP contribution >= 0.6 is 11.6 Å². The second-order valence-corrected chi connectivity index (χ2v) is 7.05. The monoisotopic (exact) mass is 385 g/mol. The average molecular weight is 386 g/mol. The molecular weight excluding hydrogens is 366 g/mol. The number of hydrogen-bond acceptors (Lipinski definition) is 4. The summed E-state index contributed by atoms with van der Waals surface area (Å²) in [5.41, 5.74) is 2.57. The number of anilines is 1. The van der Waals surface area contributed by atoms with Crippen molar-refractivity contribution in [2.75, 3.05) is 11.9 Å². The SMILES string of the molecule is Cc1cc(=O)oc2cc(OCC(=O)Nc3ccc(C(C)C)cc3)c(Cl)cc12. The molecule has 2 aromatic carbocycles. The number of benzene rings is 2. The van der Waals surface area contributed by atoms with Crippen LogP contribution < -0.4 is 15.7 Å². The molecule has 0 aliphatic heterocycles. The first-order chi connectivity index (χ1) is 12.8. The van der Waals surface area contributed by atoms with E-state index in [1.807, 2.05) is 24.3 Å². The second kappa shape index (κ2) is 7.84. The topological polar surface area (TPSA) is 68.5 Å². The van der Waals surface area contributed by atoms with Crippen molar-refractivity contribution < 1.29 is 13.9 Å². The van der Waals surface area contributed by atoms with Gasteiger partial charge in [0.15, 0.2) is 6.61 Å². The first-order valence-corrected chi connectivity index (χ1v) is 8.98. The molecule has 0 unspecified atom stereocenters. The lowest BCUT2D eigenvalue weighted by atomic mass is 10.0. The van der Waals surface area contributed by atoms with Crippen LogP contribution in [0.4, 0.5) is 5.69 Å². The van der Waals surface area contributed by atoms with E-state index in [9.17, 15) is 9.59 Å². The molecule has 0 radical (unpaired) electrons. The van der Waals surface area contributed by atoms with E-state index in [-0.39, 0.29) is 18.3 Å². The number of aryl methyl sites for hydroxylation is 1. The minimum Gasteiger partial charge on any atom is -0.482 e. The average Bonchev–Trinajstić information content (AvgIpc) is 2.61. The van der Waals surface area contributed by atoms with Gasteiger partial charge in [-0.15, -0.1) is 0 Å². The lowest BCUT2D eigenvalue weighted by Crippen LogP contribution is -2.20. The number of nitrogens with one attached hydrogen (secondary N) is 1. The number of hydrogen-bond donors (Lipinski definition) is 1. The van der Waals surface area contributed by atoms with Gasteiger partial charge in [-0.05, 0) is 42.2 Å². The fourth-order valence-electron chi connectivity index (χ4n) is 2.72. The molecule has 6 heteroatoms. The van der Waals surface area contributed by atoms with Crippen LogP contribution in [0.15, 0.2) is 51.7 Å². The lowest BCUT2D eigenvalue weighted by molar-refractivity contribution is -0.118. The maximum absolute atomic E-state index is 12.1. The van der Waals surface area contributed by atoms with Crippen LogP contribution in [0.1, 0.15) is 30.9 Å². The summed E-state index contributed by atoms with van der Waals surface area (Å²) in [6.45, 7) is 5.80. The molecule has 0 atom stereocenters. The Kier molecular flexibility index (Phi) is 5.51. The van der Waals surface area contributed by atoms with Crippen LogP contribution in [0, 0.1) is 6.92 Å². The van der Waals surface area contributed by atoms with E-state index in [0.29, 0.717) is 22.2 Å². The standard InChI is InChI=1S/C21H20ClNO4/c1-12(2)14-4-6-15(7-5-14)23-20(24)11-26-19-10-18-16(9-17(19)22)13(3)8-21(25)27-18/h4-10,12H,11H2,1-3H3,(H,23,24). The predicted molar refractivity (Wildman–Crippen MR) is 107 cm³/mol. The van der Waals surface area contributed by atoms with Crippen LogP contribution in [0.5, 0.6) is 5.75 Å². The zero-order chi connectivity index (χ0) is 19.6. The van der Waals surface area contributed by atoms with Gasteiger partial charge in [0.2, 0.25) is 0 Å². The highest BCUT2D eigenvalue weighted by Gasteiger charge is 2.11. The van der Waals surface area contributed by atoms with E-state index in [1.165, 1.54) is 17.7 Å². The molecule has 0 bridgehead atoms. The Morgan fingerprint density at radius 3 is 2.56 bits per heavy atom. The molecule has 0 spiro atoms. The molecule has 1 aromatic heterocycles. The van der Waals surface area contributed by atoms with Gasteiger partial charge in [-0.1, -0.05) is 37.6 Å². The number of ether oxygens (including phenoxy) is 1. The van der Waals surface area contributed by atoms with E-state index < -0.39 is 5.63 Å². The first kappa shape index (κ1) is 19.0. The molecule has 1 heterocycles. The highest BCUT2D eigenvalue weighted by Crippen LogP contribution is 2.31. The quantitative estimate of drug-likeness (QED) is 0.634. The molecule has 3 aromatic rings. The number of halogens is 1. The summed E-state index contributed by atoms with van der Waals surface area (Å²) in [6.07, 6.45) is 0. The third-order valence-corrected chi connectivity index (χ3v) is 4.52. The predicted octanol–water partition coefficient (Wildman–Crippen LogP) is 4.90. The summed E-state index contributed by atoms with van der Waals surface area (Å²) in [4.78, 5) is 23.7. The lowest BCUT2D eigenvalue weighted by Gasteiger charge is -2.11. The van der Waals surface area contributed by atoms with Gasteiger partial charge in [-0.3, -0.25) is 4.79 Å². The van der Waals surface area contributed by atoms with Gasteiger partial charge >= 0.3 is 5.63 Å². The number of fused-ring (bicyclic) bond motifs is 1. The van der Waals surface area contributed by atoms with Crippen LogP contribution in [0.25, 0.3) is 11.0 Å². The Balaban J connectivity index is 1.69. The summed E-state index contributed by atoms with van der Waals surface area (Å²) >= 11 is 6.23. The van der Waals surface area contributed by atoms with E-state index in [4.69, 9.17) is 20.8 Å².